The van der Waals surface area contributed by atoms with Crippen LogP contribution in [-0.2, 0) is 14.3 Å². The molecule has 9 N–H and O–H groups in total. The van der Waals surface area contributed by atoms with Crippen molar-refractivity contribution in [1.29, 1.82) is 0 Å². The van der Waals surface area contributed by atoms with Gasteiger partial charge in [0.05, 0.1) is 35.3 Å². The molecule has 8 heterocycles. The minimum absolute atomic E-state index is 0.00194. The molecule has 29 heteroatoms. The van der Waals surface area contributed by atoms with Crippen LogP contribution in [0.3, 0.4) is 0 Å². The number of allylic oxidation sites excluding steroid dienone is 2. The molecule has 0 spiro atoms. The molecule has 8 bridgehead atoms. The molecule has 0 radical (unpaired) electrons. The van der Waals surface area contributed by atoms with Crippen LogP contribution in [0.15, 0.2) is 62.3 Å². The average molecular weight is 1170 g/mol. The second kappa shape index (κ2) is 24.4. The van der Waals surface area contributed by atoms with E-state index < -0.39 is 77.5 Å². The van der Waals surface area contributed by atoms with Gasteiger partial charge in [0.1, 0.15) is 93.7 Å². The van der Waals surface area contributed by atoms with Gasteiger partial charge in [-0.2, -0.15) is 0 Å². The highest BCUT2D eigenvalue weighted by Gasteiger charge is 2.37. The Morgan fingerprint density at radius 3 is 1.88 bits per heavy atom. The Bertz CT molecular complexity index is 3460. The van der Waals surface area contributed by atoms with E-state index in [0.29, 0.717) is 53.4 Å². The van der Waals surface area contributed by atoms with E-state index >= 15 is 0 Å². The minimum Gasteiger partial charge on any atom is -0.392 e. The van der Waals surface area contributed by atoms with Gasteiger partial charge in [0.15, 0.2) is 0 Å². The lowest BCUT2D eigenvalue weighted by molar-refractivity contribution is -0.124. The van der Waals surface area contributed by atoms with Crippen LogP contribution < -0.4 is 31.9 Å². The fourth-order valence-corrected chi connectivity index (χ4v) is 12.6. The fourth-order valence-electron chi connectivity index (χ4n) is 7.32. The molecule has 0 saturated heterocycles. The number of nitrogens with one attached hydrogen (secondary N) is 6. The van der Waals surface area contributed by atoms with Crippen molar-refractivity contribution in [3.8, 4) is 43.4 Å². The minimum atomic E-state index is -1.46. The van der Waals surface area contributed by atoms with Crippen LogP contribution in [0.5, 0.6) is 0 Å². The maximum atomic E-state index is 14.0. The van der Waals surface area contributed by atoms with Gasteiger partial charge in [-0.1, -0.05) is 12.2 Å². The van der Waals surface area contributed by atoms with E-state index in [0.717, 1.165) is 56.7 Å². The van der Waals surface area contributed by atoms with Crippen molar-refractivity contribution in [1.82, 2.24) is 66.8 Å². The van der Waals surface area contributed by atoms with E-state index in [9.17, 15) is 44.1 Å². The maximum Gasteiger partial charge on any atom is 0.275 e. The van der Waals surface area contributed by atoms with E-state index in [1.807, 2.05) is 0 Å². The third-order valence-corrected chi connectivity index (χ3v) is 17.1. The monoisotopic (exact) mass is 1170 g/mol. The van der Waals surface area contributed by atoms with Crippen LogP contribution in [0.4, 0.5) is 0 Å². The number of aromatic nitrogens is 7. The van der Waals surface area contributed by atoms with Crippen LogP contribution >= 0.6 is 68.0 Å². The van der Waals surface area contributed by atoms with Crippen molar-refractivity contribution in [2.45, 2.75) is 90.5 Å². The summed E-state index contributed by atoms with van der Waals surface area (Å²) in [6.07, 6.45) is -0.322. The highest BCUT2D eigenvalue weighted by molar-refractivity contribution is 7.15. The number of carbonyl (C=O) groups is 6. The Kier molecular flexibility index (Phi) is 17.9. The molecule has 0 saturated carbocycles. The first-order valence-electron chi connectivity index (χ1n) is 23.7. The summed E-state index contributed by atoms with van der Waals surface area (Å²) in [4.78, 5) is 114. The van der Waals surface area contributed by atoms with Crippen LogP contribution in [0.2, 0.25) is 0 Å². The molecule has 1 aliphatic rings. The van der Waals surface area contributed by atoms with Crippen LogP contribution in [0.1, 0.15) is 118 Å². The van der Waals surface area contributed by atoms with Crippen molar-refractivity contribution < 1.29 is 48.8 Å². The number of pyridine rings is 1. The third kappa shape index (κ3) is 12.8. The normalized spacial score (nSPS) is 18.5. The Hall–Kier alpha value is -6.93. The van der Waals surface area contributed by atoms with E-state index in [4.69, 9.17) is 19.7 Å². The van der Waals surface area contributed by atoms with Crippen molar-refractivity contribution in [3.05, 3.63) is 100 Å². The Morgan fingerprint density at radius 2 is 1.22 bits per heavy atom. The van der Waals surface area contributed by atoms with Gasteiger partial charge < -0.3 is 52.0 Å². The summed E-state index contributed by atoms with van der Waals surface area (Å²) in [7, 11) is 1.47. The summed E-state index contributed by atoms with van der Waals surface area (Å²) >= 11 is 6.85. The van der Waals surface area contributed by atoms with Crippen molar-refractivity contribution in [3.63, 3.8) is 0 Å². The van der Waals surface area contributed by atoms with Gasteiger partial charge in [-0.05, 0) is 60.6 Å². The number of methoxy groups -OCH3 is 1. The number of hydrogen-bond donors (Lipinski definition) is 9. The van der Waals surface area contributed by atoms with E-state index in [-0.39, 0.29) is 45.7 Å². The van der Waals surface area contributed by atoms with Gasteiger partial charge >= 0.3 is 0 Å². The molecule has 0 fully saturated rings. The number of nitrogens with zero attached hydrogens (tertiary/aromatic N) is 7. The molecule has 6 unspecified atom stereocenters. The van der Waals surface area contributed by atoms with E-state index in [2.05, 4.69) is 51.8 Å². The molecule has 8 rings (SSSR count). The van der Waals surface area contributed by atoms with Crippen molar-refractivity contribution in [2.75, 3.05) is 13.7 Å². The first kappa shape index (κ1) is 57.3. The second-order valence-electron chi connectivity index (χ2n) is 17.9. The Labute approximate surface area is 469 Å². The number of fused-ring (bicyclic) bond motifs is 11. The first-order chi connectivity index (χ1) is 37.2. The number of rotatable bonds is 11. The van der Waals surface area contributed by atoms with Crippen LogP contribution in [0.25, 0.3) is 49.1 Å². The number of carbonyl (C=O) groups excluding carboxylic acids is 6. The number of aliphatic hydroxyl groups excluding tert-OH is 3. The lowest BCUT2D eigenvalue weighted by atomic mass is 9.99. The molecule has 23 nitrogen and oxygen atoms in total. The molecule has 78 heavy (non-hydrogen) atoms. The highest BCUT2D eigenvalue weighted by atomic mass is 32.1. The van der Waals surface area contributed by atoms with E-state index in [1.165, 1.54) is 66.8 Å². The summed E-state index contributed by atoms with van der Waals surface area (Å²) in [6.45, 7) is 11.1. The summed E-state index contributed by atoms with van der Waals surface area (Å²) in [5.74, 6) is -3.98. The Morgan fingerprint density at radius 1 is 0.667 bits per heavy atom. The molecule has 7 aromatic heterocycles. The Balaban J connectivity index is 1.16. The lowest BCUT2D eigenvalue weighted by Gasteiger charge is -2.32. The summed E-state index contributed by atoms with van der Waals surface area (Å²) in [6, 6.07) is 0.0423. The topological polar surface area (TPSA) is 335 Å². The zero-order valence-corrected chi connectivity index (χ0v) is 47.6. The average Bonchev–Trinajstić information content (AvgIpc) is 4.29. The van der Waals surface area contributed by atoms with Gasteiger partial charge in [0.2, 0.25) is 5.91 Å². The summed E-state index contributed by atoms with van der Waals surface area (Å²) < 4.78 is 5.79. The molecular weight excluding hydrogens is 1120 g/mol. The standard InChI is InChI=1S/C49H51N13O10S6/c1-9-24(37(66)50-13-20(3)63)52-38(67)28-16-75-46(57-28)32-19-76-45(59-32)26-12-11-23-35(51-26)27-14-77-47(54-27)34(22(5)65)61-40(69)30-18-78-48(58-30)36(49(6,7)72-8)62-41(70)31-17-74-44(56-31)25(10-2)53-42(71)33(21(4)64)60-39(68)29-15-73-43(23)55-29/h9-12,14-22,33-34,36,63-65H,13H2,1-8H3,(H,50,66)(H,52,67)(H,53,71)(H,60,68)(H,61,69)(H,62,70). The molecule has 7 aromatic rings. The number of hydrogen-bond acceptors (Lipinski definition) is 23. The third-order valence-electron chi connectivity index (χ3n) is 11.7. The smallest absolute Gasteiger partial charge is 0.275 e. The molecule has 6 amide bonds. The van der Waals surface area contributed by atoms with Crippen LogP contribution in [0, 0.1) is 0 Å². The van der Waals surface area contributed by atoms with E-state index in [1.54, 1.807) is 56.7 Å². The molecule has 6 atom stereocenters. The molecule has 1 aliphatic heterocycles. The largest absolute Gasteiger partial charge is 0.392 e. The molecule has 0 aromatic carbocycles. The molecule has 408 valence electrons. The predicted molar refractivity (Wildman–Crippen MR) is 297 cm³/mol. The molecule has 0 aliphatic carbocycles. The quantitative estimate of drug-likeness (QED) is 0.0738. The van der Waals surface area contributed by atoms with Gasteiger partial charge in [-0.25, -0.2) is 34.9 Å². The van der Waals surface area contributed by atoms with Crippen molar-refractivity contribution >= 4 is 109 Å². The molecular formula is C49H51N13O10S6. The van der Waals surface area contributed by atoms with Gasteiger partial charge in [-0.15, -0.1) is 68.0 Å². The van der Waals surface area contributed by atoms with Crippen LogP contribution in [-0.4, -0.2) is 129 Å². The predicted octanol–water partition coefficient (Wildman–Crippen LogP) is 5.34. The number of aliphatic hydroxyl groups is 3. The zero-order valence-electron chi connectivity index (χ0n) is 42.7. The van der Waals surface area contributed by atoms with Gasteiger partial charge in [0, 0.05) is 51.5 Å². The summed E-state index contributed by atoms with van der Waals surface area (Å²) in [5.41, 5.74) is 1.00. The first-order valence-corrected chi connectivity index (χ1v) is 29.0. The van der Waals surface area contributed by atoms with Gasteiger partial charge in [-0.3, -0.25) is 28.8 Å². The maximum absolute atomic E-state index is 14.0. The number of amides is 6. The number of ether oxygens (including phenoxy) is 1. The second-order valence-corrected chi connectivity index (χ2v) is 23.1. The highest BCUT2D eigenvalue weighted by Crippen LogP contribution is 2.39. The van der Waals surface area contributed by atoms with Gasteiger partial charge in [0.25, 0.3) is 29.5 Å². The zero-order chi connectivity index (χ0) is 56.2. The fraction of sp³-hybridized carbons (Fsp3) is 0.327. The SMILES string of the molecule is CC=C(NC(=O)c1csc(-c2csc(-c3ccc4c(n3)-c3csc(n3)C(C(C)O)NC(=O)c3csc(n3)C(C(C)(C)OC)NC(=O)c3csc(n3)C(=CC)NC(=O)C(C(C)O)NC(=O)c3csc-4n3)n2)n1)C(=O)NCC(C)O. The number of thiazole rings is 6. The lowest BCUT2D eigenvalue weighted by Crippen LogP contribution is -2.52. The van der Waals surface area contributed by atoms with Crippen molar-refractivity contribution in [2.24, 2.45) is 0 Å². The summed E-state index contributed by atoms with van der Waals surface area (Å²) in [5, 5.41) is 59.4.